The highest BCUT2D eigenvalue weighted by atomic mass is 79.9. The van der Waals surface area contributed by atoms with Crippen molar-refractivity contribution in [3.63, 3.8) is 0 Å². The Kier molecular flexibility index (Phi) is 4.03. The summed E-state index contributed by atoms with van der Waals surface area (Å²) in [5, 5.41) is 5.94. The molecule has 0 bridgehead atoms. The van der Waals surface area contributed by atoms with Crippen molar-refractivity contribution in [2.24, 2.45) is 5.41 Å². The van der Waals surface area contributed by atoms with Gasteiger partial charge in [0.05, 0.1) is 11.4 Å². The Bertz CT molecular complexity index is 1310. The minimum atomic E-state index is 0.0638. The lowest BCUT2D eigenvalue weighted by Crippen LogP contribution is -2.42. The second-order valence-corrected chi connectivity index (χ2v) is 11.0. The van der Waals surface area contributed by atoms with Crippen LogP contribution in [0.3, 0.4) is 0 Å². The molecule has 1 heterocycles. The van der Waals surface area contributed by atoms with Crippen LogP contribution in [0.2, 0.25) is 0 Å². The maximum Gasteiger partial charge on any atom is 0.158 e. The molecule has 30 heavy (non-hydrogen) atoms. The average molecular weight is 462 g/mol. The zero-order valence-corrected chi connectivity index (χ0v) is 20.1. The maximum absolute atomic E-state index is 6.22. The molecule has 0 saturated carbocycles. The number of anilines is 2. The van der Waals surface area contributed by atoms with Gasteiger partial charge in [0, 0.05) is 15.2 Å². The summed E-state index contributed by atoms with van der Waals surface area (Å²) in [6.45, 7) is 14.3. The molecule has 0 spiro atoms. The van der Waals surface area contributed by atoms with Crippen LogP contribution in [-0.2, 0) is 10.8 Å². The molecule has 0 fully saturated rings. The summed E-state index contributed by atoms with van der Waals surface area (Å²) in [6.07, 6.45) is 0. The number of hydrogen-bond donors (Lipinski definition) is 1. The van der Waals surface area contributed by atoms with Crippen molar-refractivity contribution in [3.8, 4) is 0 Å². The van der Waals surface area contributed by atoms with Gasteiger partial charge < -0.3 is 9.73 Å². The molecular formula is C27H28BrNO. The number of fused-ring (bicyclic) bond motifs is 4. The lowest BCUT2D eigenvalue weighted by atomic mass is 9.59. The fraction of sp³-hybridized carbons (Fsp3) is 0.333. The van der Waals surface area contributed by atoms with Crippen LogP contribution >= 0.6 is 15.9 Å². The van der Waals surface area contributed by atoms with Crippen molar-refractivity contribution >= 4 is 49.2 Å². The Labute approximate surface area is 186 Å². The molecule has 0 aliphatic heterocycles. The number of para-hydroxylation sites is 2. The van der Waals surface area contributed by atoms with Crippen LogP contribution in [0.1, 0.15) is 52.7 Å². The van der Waals surface area contributed by atoms with Gasteiger partial charge in [0.15, 0.2) is 5.58 Å². The largest absolute Gasteiger partial charge is 0.454 e. The lowest BCUT2D eigenvalue weighted by molar-refractivity contribution is 0.125. The zero-order valence-electron chi connectivity index (χ0n) is 18.5. The van der Waals surface area contributed by atoms with E-state index in [0.29, 0.717) is 0 Å². The van der Waals surface area contributed by atoms with E-state index in [9.17, 15) is 0 Å². The highest BCUT2D eigenvalue weighted by molar-refractivity contribution is 9.10. The standard InChI is InChI=1S/C27H28BrNO/c1-25(2)18-14-20(28)22(15-19(18)26(3,4)27(25,5)6)29-21-12-9-11-17-16-10-7-8-13-23(16)30-24(17)21/h7-15,29H,1-6H3. The van der Waals surface area contributed by atoms with Crippen molar-refractivity contribution in [3.05, 3.63) is 70.2 Å². The predicted molar refractivity (Wildman–Crippen MR) is 131 cm³/mol. The third-order valence-electron chi connectivity index (χ3n) is 8.25. The Morgan fingerprint density at radius 3 is 2.10 bits per heavy atom. The van der Waals surface area contributed by atoms with Gasteiger partial charge in [-0.1, -0.05) is 71.9 Å². The SMILES string of the molecule is CC1(C)c2cc(Br)c(Nc3cccc4c3oc3ccccc34)cc2C(C)(C)C1(C)C. The van der Waals surface area contributed by atoms with Gasteiger partial charge in [0.1, 0.15) is 5.58 Å². The number of furan rings is 1. The van der Waals surface area contributed by atoms with Gasteiger partial charge in [-0.2, -0.15) is 0 Å². The third-order valence-corrected chi connectivity index (χ3v) is 8.91. The minimum absolute atomic E-state index is 0.0638. The molecule has 4 aromatic rings. The molecule has 3 aromatic carbocycles. The second-order valence-electron chi connectivity index (χ2n) is 10.2. The van der Waals surface area contributed by atoms with E-state index in [4.69, 9.17) is 4.42 Å². The molecule has 0 saturated heterocycles. The van der Waals surface area contributed by atoms with Crippen LogP contribution < -0.4 is 5.32 Å². The summed E-state index contributed by atoms with van der Waals surface area (Å²) in [6, 6.07) is 19.1. The monoisotopic (exact) mass is 461 g/mol. The van der Waals surface area contributed by atoms with Crippen molar-refractivity contribution in [1.29, 1.82) is 0 Å². The molecule has 0 amide bonds. The average Bonchev–Trinajstić information content (AvgIpc) is 3.12. The summed E-state index contributed by atoms with van der Waals surface area (Å²) in [4.78, 5) is 0. The zero-order chi connectivity index (χ0) is 21.5. The van der Waals surface area contributed by atoms with Gasteiger partial charge in [-0.3, -0.25) is 0 Å². The van der Waals surface area contributed by atoms with Gasteiger partial charge in [0.2, 0.25) is 0 Å². The number of halogens is 1. The topological polar surface area (TPSA) is 25.2 Å². The van der Waals surface area contributed by atoms with Crippen molar-refractivity contribution in [2.45, 2.75) is 52.4 Å². The molecule has 5 rings (SSSR count). The number of nitrogens with one attached hydrogen (secondary N) is 1. The van der Waals surface area contributed by atoms with Crippen LogP contribution in [0.25, 0.3) is 21.9 Å². The number of hydrogen-bond acceptors (Lipinski definition) is 2. The number of benzene rings is 3. The Hall–Kier alpha value is -2.26. The first kappa shape index (κ1) is 19.7. The lowest BCUT2D eigenvalue weighted by Gasteiger charge is -2.44. The summed E-state index contributed by atoms with van der Waals surface area (Å²) >= 11 is 3.84. The van der Waals surface area contributed by atoms with Gasteiger partial charge in [0.25, 0.3) is 0 Å². The summed E-state index contributed by atoms with van der Waals surface area (Å²) in [5.74, 6) is 0. The molecule has 0 unspecified atom stereocenters. The van der Waals surface area contributed by atoms with Gasteiger partial charge in [-0.25, -0.2) is 0 Å². The van der Waals surface area contributed by atoms with Crippen LogP contribution in [0.4, 0.5) is 11.4 Å². The van der Waals surface area contributed by atoms with E-state index in [1.165, 1.54) is 11.1 Å². The second kappa shape index (κ2) is 6.13. The first-order valence-corrected chi connectivity index (χ1v) is 11.4. The summed E-state index contributed by atoms with van der Waals surface area (Å²) in [7, 11) is 0. The van der Waals surface area contributed by atoms with Gasteiger partial charge in [-0.15, -0.1) is 0 Å². The highest BCUT2D eigenvalue weighted by Gasteiger charge is 2.56. The Morgan fingerprint density at radius 1 is 0.733 bits per heavy atom. The molecule has 154 valence electrons. The molecule has 3 heteroatoms. The van der Waals surface area contributed by atoms with E-state index >= 15 is 0 Å². The third kappa shape index (κ3) is 2.42. The van der Waals surface area contributed by atoms with Crippen molar-refractivity contribution < 1.29 is 4.42 Å². The Morgan fingerprint density at radius 2 is 1.37 bits per heavy atom. The van der Waals surface area contributed by atoms with Crippen molar-refractivity contribution in [2.75, 3.05) is 5.32 Å². The molecule has 1 aliphatic rings. The predicted octanol–water partition coefficient (Wildman–Crippen LogP) is 8.69. The fourth-order valence-electron chi connectivity index (χ4n) is 5.15. The first-order chi connectivity index (χ1) is 14.1. The fourth-order valence-corrected chi connectivity index (χ4v) is 5.59. The molecular weight excluding hydrogens is 434 g/mol. The van der Waals surface area contributed by atoms with Crippen LogP contribution in [-0.4, -0.2) is 0 Å². The molecule has 1 N–H and O–H groups in total. The van der Waals surface area contributed by atoms with E-state index in [2.05, 4.69) is 105 Å². The van der Waals surface area contributed by atoms with E-state index in [-0.39, 0.29) is 16.2 Å². The van der Waals surface area contributed by atoms with E-state index in [1.807, 2.05) is 12.1 Å². The van der Waals surface area contributed by atoms with Crippen molar-refractivity contribution in [1.82, 2.24) is 0 Å². The van der Waals surface area contributed by atoms with E-state index < -0.39 is 0 Å². The minimum Gasteiger partial charge on any atom is -0.454 e. The first-order valence-electron chi connectivity index (χ1n) is 10.6. The summed E-state index contributed by atoms with van der Waals surface area (Å²) in [5.41, 5.74) is 7.00. The maximum atomic E-state index is 6.22. The normalized spacial score (nSPS) is 18.6. The van der Waals surface area contributed by atoms with Gasteiger partial charge >= 0.3 is 0 Å². The van der Waals surface area contributed by atoms with E-state index in [1.54, 1.807) is 0 Å². The molecule has 0 atom stereocenters. The summed E-state index contributed by atoms with van der Waals surface area (Å²) < 4.78 is 7.30. The van der Waals surface area contributed by atoms with E-state index in [0.717, 1.165) is 37.8 Å². The number of rotatable bonds is 2. The molecule has 0 radical (unpaired) electrons. The van der Waals surface area contributed by atoms with Crippen LogP contribution in [0.15, 0.2) is 63.5 Å². The molecule has 1 aromatic heterocycles. The highest BCUT2D eigenvalue weighted by Crippen LogP contribution is 2.62. The smallest absolute Gasteiger partial charge is 0.158 e. The quantitative estimate of drug-likeness (QED) is 0.322. The van der Waals surface area contributed by atoms with Crippen LogP contribution in [0, 0.1) is 5.41 Å². The molecule has 1 aliphatic carbocycles. The van der Waals surface area contributed by atoms with Gasteiger partial charge in [-0.05, 0) is 67.6 Å². The molecule has 2 nitrogen and oxygen atoms in total. The van der Waals surface area contributed by atoms with Crippen LogP contribution in [0.5, 0.6) is 0 Å². The Balaban J connectivity index is 1.66.